The van der Waals surface area contributed by atoms with E-state index in [-0.39, 0.29) is 31.2 Å². The van der Waals surface area contributed by atoms with Gasteiger partial charge in [0.1, 0.15) is 11.2 Å². The van der Waals surface area contributed by atoms with Crippen LogP contribution in [-0.2, 0) is 16.0 Å². The fraction of sp³-hybridized carbons (Fsp3) is 0.414. The number of hydrogen-bond acceptors (Lipinski definition) is 5. The van der Waals surface area contributed by atoms with Crippen molar-refractivity contribution in [2.24, 2.45) is 0 Å². The molecule has 0 spiro atoms. The van der Waals surface area contributed by atoms with Gasteiger partial charge in [-0.3, -0.25) is 4.79 Å². The predicted octanol–water partition coefficient (Wildman–Crippen LogP) is 7.19. The molecule has 7 nitrogen and oxygen atoms in total. The minimum absolute atomic E-state index is 0.0762. The topological polar surface area (TPSA) is 77.8 Å². The van der Waals surface area contributed by atoms with Gasteiger partial charge in [-0.25, -0.2) is 14.2 Å². The Bertz CT molecular complexity index is 1350. The lowest BCUT2D eigenvalue weighted by atomic mass is 9.86. The fourth-order valence-electron chi connectivity index (χ4n) is 4.66. The van der Waals surface area contributed by atoms with Gasteiger partial charge in [0.05, 0.1) is 17.8 Å². The molecule has 0 radical (unpaired) electrons. The van der Waals surface area contributed by atoms with Crippen LogP contribution in [0.1, 0.15) is 75.5 Å². The Hall–Kier alpha value is -3.32. The normalized spacial score (nSPS) is 15.9. The van der Waals surface area contributed by atoms with Crippen LogP contribution in [0.5, 0.6) is 0 Å². The Labute approximate surface area is 222 Å². The third kappa shape index (κ3) is 5.99. The summed E-state index contributed by atoms with van der Waals surface area (Å²) in [5.41, 5.74) is 1.32. The first kappa shape index (κ1) is 26.7. The number of rotatable bonds is 3. The molecule has 2 aromatic carbocycles. The molecule has 0 aliphatic carbocycles. The van der Waals surface area contributed by atoms with Gasteiger partial charge in [-0.15, -0.1) is 0 Å². The van der Waals surface area contributed by atoms with Gasteiger partial charge in [0, 0.05) is 34.9 Å². The molecule has 0 bridgehead atoms. The number of carbonyl (C=O) groups is 3. The van der Waals surface area contributed by atoms with Crippen LogP contribution in [0, 0.1) is 0 Å². The number of hydrogen-bond donors (Lipinski definition) is 0. The molecule has 0 saturated heterocycles. The maximum absolute atomic E-state index is 13.4. The van der Waals surface area contributed by atoms with Crippen molar-refractivity contribution in [2.45, 2.75) is 71.6 Å². The van der Waals surface area contributed by atoms with Crippen LogP contribution in [0.2, 0.25) is 5.02 Å². The quantitative estimate of drug-likeness (QED) is 0.339. The molecular formula is C29H33ClN2O5. The Morgan fingerprint density at radius 2 is 1.49 bits per heavy atom. The molecule has 3 aromatic rings. The predicted molar refractivity (Wildman–Crippen MR) is 143 cm³/mol. The summed E-state index contributed by atoms with van der Waals surface area (Å²) in [7, 11) is 0. The van der Waals surface area contributed by atoms with E-state index in [1.807, 2.05) is 45.0 Å². The van der Waals surface area contributed by atoms with E-state index in [0.717, 1.165) is 10.9 Å². The van der Waals surface area contributed by atoms with Crippen LogP contribution >= 0.6 is 11.6 Å². The standard InChI is InChI=1S/C29H33ClN2O5/c1-28(2,3)36-26(34)31-16-19(15-24(33)18-11-13-20(30)14-12-18)25-21-9-7-8-10-22(21)32(23(25)17-31)27(35)37-29(4,5)6/h7-14,19H,15-17H2,1-6H3. The third-order valence-electron chi connectivity index (χ3n) is 6.03. The smallest absolute Gasteiger partial charge is 0.419 e. The van der Waals surface area contributed by atoms with Crippen molar-refractivity contribution >= 4 is 40.5 Å². The van der Waals surface area contributed by atoms with Gasteiger partial charge in [-0.05, 0) is 77.4 Å². The van der Waals surface area contributed by atoms with Crippen molar-refractivity contribution < 1.29 is 23.9 Å². The molecule has 1 unspecified atom stereocenters. The van der Waals surface area contributed by atoms with Gasteiger partial charge in [0.25, 0.3) is 0 Å². The summed E-state index contributed by atoms with van der Waals surface area (Å²) in [5.74, 6) is -0.430. The second-order valence-electron chi connectivity index (χ2n) is 11.4. The van der Waals surface area contributed by atoms with E-state index in [1.54, 1.807) is 49.9 Å². The molecule has 1 aliphatic heterocycles. The largest absolute Gasteiger partial charge is 0.444 e. The first-order chi connectivity index (χ1) is 17.2. The van der Waals surface area contributed by atoms with E-state index in [1.165, 1.54) is 4.57 Å². The highest BCUT2D eigenvalue weighted by molar-refractivity contribution is 6.30. The Balaban J connectivity index is 1.82. The maximum atomic E-state index is 13.4. The molecule has 1 aliphatic rings. The molecule has 0 N–H and O–H groups in total. The molecule has 1 aromatic heterocycles. The van der Waals surface area contributed by atoms with E-state index in [2.05, 4.69) is 0 Å². The minimum atomic E-state index is -0.710. The zero-order valence-electron chi connectivity index (χ0n) is 22.1. The summed E-state index contributed by atoms with van der Waals surface area (Å²) in [6, 6.07) is 14.3. The zero-order valence-corrected chi connectivity index (χ0v) is 22.9. The molecule has 196 valence electrons. The molecule has 8 heteroatoms. The number of aromatic nitrogens is 1. The Morgan fingerprint density at radius 1 is 0.892 bits per heavy atom. The lowest BCUT2D eigenvalue weighted by Crippen LogP contribution is -2.43. The number of ketones is 1. The number of amides is 1. The second-order valence-corrected chi connectivity index (χ2v) is 11.8. The van der Waals surface area contributed by atoms with Gasteiger partial charge in [-0.1, -0.05) is 29.8 Å². The van der Waals surface area contributed by atoms with Gasteiger partial charge in [0.15, 0.2) is 5.78 Å². The molecule has 1 atom stereocenters. The SMILES string of the molecule is CC(C)(C)OC(=O)N1Cc2c(c3ccccc3n2C(=O)OC(C)(C)C)C(CC(=O)c2ccc(Cl)cc2)C1. The highest BCUT2D eigenvalue weighted by atomic mass is 35.5. The highest BCUT2D eigenvalue weighted by Gasteiger charge is 2.38. The van der Waals surface area contributed by atoms with Gasteiger partial charge in [0.2, 0.25) is 0 Å². The highest BCUT2D eigenvalue weighted by Crippen LogP contribution is 2.40. The summed E-state index contributed by atoms with van der Waals surface area (Å²) in [5, 5.41) is 1.41. The van der Waals surface area contributed by atoms with Crippen LogP contribution in [0.25, 0.3) is 10.9 Å². The van der Waals surface area contributed by atoms with Crippen molar-refractivity contribution in [1.82, 2.24) is 9.47 Å². The lowest BCUT2D eigenvalue weighted by molar-refractivity contribution is 0.0190. The van der Waals surface area contributed by atoms with Crippen LogP contribution in [0.3, 0.4) is 0 Å². The van der Waals surface area contributed by atoms with Gasteiger partial charge in [-0.2, -0.15) is 0 Å². The molecule has 37 heavy (non-hydrogen) atoms. The molecule has 0 saturated carbocycles. The molecule has 1 amide bonds. The summed E-state index contributed by atoms with van der Waals surface area (Å²) < 4.78 is 12.9. The molecular weight excluding hydrogens is 492 g/mol. The van der Waals surface area contributed by atoms with E-state index < -0.39 is 23.4 Å². The number of halogens is 1. The first-order valence-corrected chi connectivity index (χ1v) is 12.7. The Morgan fingerprint density at radius 3 is 2.11 bits per heavy atom. The summed E-state index contributed by atoms with van der Waals surface area (Å²) in [6.45, 7) is 11.3. The molecule has 4 rings (SSSR count). The fourth-order valence-corrected chi connectivity index (χ4v) is 4.78. The van der Waals surface area contributed by atoms with E-state index in [4.69, 9.17) is 21.1 Å². The van der Waals surface area contributed by atoms with Crippen LogP contribution in [-0.4, -0.2) is 45.2 Å². The van der Waals surface area contributed by atoms with Crippen molar-refractivity contribution in [3.8, 4) is 0 Å². The summed E-state index contributed by atoms with van der Waals surface area (Å²) in [6.07, 6.45) is -0.877. The number of para-hydroxylation sites is 1. The van der Waals surface area contributed by atoms with Crippen molar-refractivity contribution in [3.05, 3.63) is 70.4 Å². The molecule has 2 heterocycles. The van der Waals surface area contributed by atoms with E-state index in [0.29, 0.717) is 21.8 Å². The van der Waals surface area contributed by atoms with Gasteiger partial charge < -0.3 is 14.4 Å². The van der Waals surface area contributed by atoms with Crippen LogP contribution in [0.4, 0.5) is 9.59 Å². The van der Waals surface area contributed by atoms with Crippen molar-refractivity contribution in [2.75, 3.05) is 6.54 Å². The zero-order chi connectivity index (χ0) is 27.1. The Kier molecular flexibility index (Phi) is 7.12. The lowest BCUT2D eigenvalue weighted by Gasteiger charge is -2.35. The van der Waals surface area contributed by atoms with E-state index >= 15 is 0 Å². The van der Waals surface area contributed by atoms with E-state index in [9.17, 15) is 14.4 Å². The number of benzene rings is 2. The second kappa shape index (κ2) is 9.86. The average molecular weight is 525 g/mol. The number of Topliss-reactive ketones (excluding diaryl/α,β-unsaturated/α-hetero) is 1. The van der Waals surface area contributed by atoms with Crippen molar-refractivity contribution in [3.63, 3.8) is 0 Å². The summed E-state index contributed by atoms with van der Waals surface area (Å²) >= 11 is 6.01. The number of fused-ring (bicyclic) bond motifs is 3. The number of ether oxygens (including phenoxy) is 2. The summed E-state index contributed by atoms with van der Waals surface area (Å²) in [4.78, 5) is 41.5. The maximum Gasteiger partial charge on any atom is 0.419 e. The number of nitrogens with zero attached hydrogens (tertiary/aromatic N) is 2. The number of carbonyl (C=O) groups excluding carboxylic acids is 3. The monoisotopic (exact) mass is 524 g/mol. The van der Waals surface area contributed by atoms with Crippen molar-refractivity contribution in [1.29, 1.82) is 0 Å². The van der Waals surface area contributed by atoms with Gasteiger partial charge >= 0.3 is 12.2 Å². The van der Waals surface area contributed by atoms with Crippen LogP contribution < -0.4 is 0 Å². The first-order valence-electron chi connectivity index (χ1n) is 12.4. The average Bonchev–Trinajstić information content (AvgIpc) is 3.12. The van der Waals surface area contributed by atoms with Crippen LogP contribution in [0.15, 0.2) is 48.5 Å². The molecule has 0 fully saturated rings. The third-order valence-corrected chi connectivity index (χ3v) is 6.28. The minimum Gasteiger partial charge on any atom is -0.444 e.